The van der Waals surface area contributed by atoms with E-state index in [2.05, 4.69) is 15.4 Å². The molecule has 3 heterocycles. The number of carbonyl (C=O) groups excluding carboxylic acids is 1. The van der Waals surface area contributed by atoms with E-state index in [0.717, 1.165) is 18.1 Å². The van der Waals surface area contributed by atoms with Gasteiger partial charge in [-0.2, -0.15) is 5.10 Å². The molecule has 136 valence electrons. The molecule has 1 aliphatic heterocycles. The number of aryl methyl sites for hydroxylation is 1. The first kappa shape index (κ1) is 18.2. The zero-order valence-corrected chi connectivity index (χ0v) is 15.3. The average molecular weight is 373 g/mol. The molecule has 1 atom stereocenters. The van der Waals surface area contributed by atoms with Gasteiger partial charge in [-0.1, -0.05) is 0 Å². The van der Waals surface area contributed by atoms with E-state index in [1.54, 1.807) is 17.1 Å². The van der Waals surface area contributed by atoms with Gasteiger partial charge in [-0.05, 0) is 30.3 Å². The molecule has 0 radical (unpaired) electrons. The van der Waals surface area contributed by atoms with Gasteiger partial charge in [0.1, 0.15) is 11.9 Å². The van der Waals surface area contributed by atoms with Gasteiger partial charge in [0.05, 0.1) is 5.69 Å². The summed E-state index contributed by atoms with van der Waals surface area (Å²) < 4.78 is 3.74. The molecule has 1 aliphatic rings. The zero-order valence-electron chi connectivity index (χ0n) is 14.4. The van der Waals surface area contributed by atoms with Crippen molar-refractivity contribution in [1.29, 1.82) is 0 Å². The van der Waals surface area contributed by atoms with Crippen LogP contribution in [-0.2, 0) is 7.05 Å². The molecule has 4 rings (SSSR count). The van der Waals surface area contributed by atoms with E-state index in [4.69, 9.17) is 0 Å². The van der Waals surface area contributed by atoms with Crippen LogP contribution in [0.2, 0.25) is 0 Å². The highest BCUT2D eigenvalue weighted by atomic mass is 35.5. The number of amides is 1. The summed E-state index contributed by atoms with van der Waals surface area (Å²) in [7, 11) is 1.96. The lowest BCUT2D eigenvalue weighted by Crippen LogP contribution is -2.49. The SMILES string of the molecule is Cl.Cn1ccnc1C1CNCCN1C(=O)c1ccc(-n2cccn2)cc1. The van der Waals surface area contributed by atoms with Crippen molar-refractivity contribution in [3.8, 4) is 5.69 Å². The third-order valence-corrected chi connectivity index (χ3v) is 4.54. The van der Waals surface area contributed by atoms with Gasteiger partial charge < -0.3 is 14.8 Å². The largest absolute Gasteiger partial charge is 0.336 e. The summed E-state index contributed by atoms with van der Waals surface area (Å²) in [4.78, 5) is 19.4. The van der Waals surface area contributed by atoms with Crippen LogP contribution in [0.3, 0.4) is 0 Å². The number of benzene rings is 1. The van der Waals surface area contributed by atoms with Crippen molar-refractivity contribution in [2.45, 2.75) is 6.04 Å². The van der Waals surface area contributed by atoms with E-state index < -0.39 is 0 Å². The summed E-state index contributed by atoms with van der Waals surface area (Å²) in [5, 5.41) is 7.56. The molecular weight excluding hydrogens is 352 g/mol. The van der Waals surface area contributed by atoms with Crippen molar-refractivity contribution in [2.75, 3.05) is 19.6 Å². The number of aromatic nitrogens is 4. The molecule has 7 nitrogen and oxygen atoms in total. The minimum Gasteiger partial charge on any atom is -0.336 e. The van der Waals surface area contributed by atoms with Crippen LogP contribution in [0.1, 0.15) is 22.2 Å². The van der Waals surface area contributed by atoms with E-state index in [1.807, 2.05) is 59.2 Å². The Bertz CT molecular complexity index is 858. The van der Waals surface area contributed by atoms with Crippen molar-refractivity contribution in [3.05, 3.63) is 66.5 Å². The Kier molecular flexibility index (Phi) is 5.39. The Labute approximate surface area is 158 Å². The summed E-state index contributed by atoms with van der Waals surface area (Å²) >= 11 is 0. The van der Waals surface area contributed by atoms with Crippen LogP contribution in [0.4, 0.5) is 0 Å². The van der Waals surface area contributed by atoms with Crippen LogP contribution in [0.15, 0.2) is 55.1 Å². The third-order valence-electron chi connectivity index (χ3n) is 4.54. The lowest BCUT2D eigenvalue weighted by molar-refractivity contribution is 0.0621. The minimum atomic E-state index is -0.0629. The number of halogens is 1. The van der Waals surface area contributed by atoms with Gasteiger partial charge in [-0.25, -0.2) is 9.67 Å². The maximum Gasteiger partial charge on any atom is 0.254 e. The summed E-state index contributed by atoms with van der Waals surface area (Å²) in [6.45, 7) is 2.16. The highest BCUT2D eigenvalue weighted by Crippen LogP contribution is 2.23. The Morgan fingerprint density at radius 2 is 2.00 bits per heavy atom. The average Bonchev–Trinajstić information content (AvgIpc) is 3.33. The van der Waals surface area contributed by atoms with Gasteiger partial charge in [-0.3, -0.25) is 4.79 Å². The maximum absolute atomic E-state index is 13.1. The van der Waals surface area contributed by atoms with Crippen LogP contribution in [0.5, 0.6) is 0 Å². The fourth-order valence-corrected chi connectivity index (χ4v) is 3.22. The van der Waals surface area contributed by atoms with Gasteiger partial charge in [0.2, 0.25) is 0 Å². The van der Waals surface area contributed by atoms with Crippen molar-refractivity contribution in [1.82, 2.24) is 29.5 Å². The number of nitrogens with one attached hydrogen (secondary N) is 1. The van der Waals surface area contributed by atoms with E-state index in [0.29, 0.717) is 18.7 Å². The Morgan fingerprint density at radius 1 is 1.19 bits per heavy atom. The second-order valence-corrected chi connectivity index (χ2v) is 6.11. The smallest absolute Gasteiger partial charge is 0.254 e. The molecule has 1 saturated heterocycles. The Balaban J connectivity index is 0.00000196. The number of hydrogen-bond acceptors (Lipinski definition) is 4. The molecule has 8 heteroatoms. The zero-order chi connectivity index (χ0) is 17.2. The lowest BCUT2D eigenvalue weighted by Gasteiger charge is -2.35. The normalized spacial score (nSPS) is 17.0. The topological polar surface area (TPSA) is 68.0 Å². The number of nitrogens with zero attached hydrogens (tertiary/aromatic N) is 5. The van der Waals surface area contributed by atoms with Crippen molar-refractivity contribution in [3.63, 3.8) is 0 Å². The van der Waals surface area contributed by atoms with Gasteiger partial charge in [-0.15, -0.1) is 12.4 Å². The molecule has 3 aromatic rings. The molecule has 0 bridgehead atoms. The number of hydrogen-bond donors (Lipinski definition) is 1. The second-order valence-electron chi connectivity index (χ2n) is 6.11. The van der Waals surface area contributed by atoms with E-state index >= 15 is 0 Å². The summed E-state index contributed by atoms with van der Waals surface area (Å²) in [5.41, 5.74) is 1.61. The number of rotatable bonds is 3. The number of imidazole rings is 1. The van der Waals surface area contributed by atoms with Crippen LogP contribution >= 0.6 is 12.4 Å². The standard InChI is InChI=1S/C18H20N6O.ClH/c1-22-11-9-20-17(22)16-13-19-8-12-23(16)18(25)14-3-5-15(6-4-14)24-10-2-7-21-24;/h2-7,9-11,16,19H,8,12-13H2,1H3;1H. The van der Waals surface area contributed by atoms with Crippen molar-refractivity contribution < 1.29 is 4.79 Å². The highest BCUT2D eigenvalue weighted by Gasteiger charge is 2.30. The molecule has 2 aromatic heterocycles. The molecule has 1 unspecified atom stereocenters. The predicted octanol–water partition coefficient (Wildman–Crippen LogP) is 1.81. The van der Waals surface area contributed by atoms with Crippen molar-refractivity contribution >= 4 is 18.3 Å². The fourth-order valence-electron chi connectivity index (χ4n) is 3.22. The van der Waals surface area contributed by atoms with Crippen molar-refractivity contribution in [2.24, 2.45) is 7.05 Å². The molecule has 1 aromatic carbocycles. The van der Waals surface area contributed by atoms with Crippen LogP contribution < -0.4 is 5.32 Å². The quantitative estimate of drug-likeness (QED) is 0.761. The maximum atomic E-state index is 13.1. The summed E-state index contributed by atoms with van der Waals surface area (Å²) in [6.07, 6.45) is 7.29. The minimum absolute atomic E-state index is 0. The highest BCUT2D eigenvalue weighted by molar-refractivity contribution is 5.94. The summed E-state index contributed by atoms with van der Waals surface area (Å²) in [6, 6.07) is 9.36. The Morgan fingerprint density at radius 3 is 2.65 bits per heavy atom. The first-order valence-corrected chi connectivity index (χ1v) is 8.33. The number of piperazine rings is 1. The fraction of sp³-hybridized carbons (Fsp3) is 0.278. The molecular formula is C18H21ClN6O. The molecule has 0 saturated carbocycles. The first-order valence-electron chi connectivity index (χ1n) is 8.33. The molecule has 1 fully saturated rings. The lowest BCUT2D eigenvalue weighted by atomic mass is 10.1. The second kappa shape index (κ2) is 7.72. The molecule has 0 aliphatic carbocycles. The molecule has 0 spiro atoms. The van der Waals surface area contributed by atoms with Gasteiger partial charge in [0.15, 0.2) is 0 Å². The summed E-state index contributed by atoms with van der Waals surface area (Å²) in [5.74, 6) is 0.926. The first-order chi connectivity index (χ1) is 12.2. The van der Waals surface area contributed by atoms with E-state index in [9.17, 15) is 4.79 Å². The molecule has 1 amide bonds. The monoisotopic (exact) mass is 372 g/mol. The van der Waals surface area contributed by atoms with Crippen LogP contribution in [-0.4, -0.2) is 49.8 Å². The van der Waals surface area contributed by atoms with Gasteiger partial charge in [0, 0.05) is 57.0 Å². The molecule has 1 N–H and O–H groups in total. The van der Waals surface area contributed by atoms with Gasteiger partial charge >= 0.3 is 0 Å². The number of carbonyl (C=O) groups is 1. The Hall–Kier alpha value is -2.64. The van der Waals surface area contributed by atoms with Crippen LogP contribution in [0.25, 0.3) is 5.69 Å². The van der Waals surface area contributed by atoms with Crippen LogP contribution in [0, 0.1) is 0 Å². The van der Waals surface area contributed by atoms with Gasteiger partial charge in [0.25, 0.3) is 5.91 Å². The predicted molar refractivity (Wildman–Crippen MR) is 101 cm³/mol. The van der Waals surface area contributed by atoms with E-state index in [-0.39, 0.29) is 24.4 Å². The van der Waals surface area contributed by atoms with E-state index in [1.165, 1.54) is 0 Å². The molecule has 26 heavy (non-hydrogen) atoms. The third kappa shape index (κ3) is 3.36.